The number of hydrogen-bond acceptors (Lipinski definition) is 3. The van der Waals surface area contributed by atoms with E-state index in [4.69, 9.17) is 17.3 Å². The molecule has 0 aromatic carbocycles. The quantitative estimate of drug-likeness (QED) is 0.835. The molecule has 19 heavy (non-hydrogen) atoms. The Morgan fingerprint density at radius 1 is 1.42 bits per heavy atom. The number of primary amides is 1. The van der Waals surface area contributed by atoms with Gasteiger partial charge < -0.3 is 10.6 Å². The van der Waals surface area contributed by atoms with E-state index in [0.29, 0.717) is 17.8 Å². The molecule has 0 unspecified atom stereocenters. The predicted molar refractivity (Wildman–Crippen MR) is 73.9 cm³/mol. The van der Waals surface area contributed by atoms with Gasteiger partial charge in [-0.2, -0.15) is 0 Å². The molecule has 104 valence electrons. The molecule has 1 aromatic heterocycles. The summed E-state index contributed by atoms with van der Waals surface area (Å²) in [6.45, 7) is 6.04. The van der Waals surface area contributed by atoms with Crippen LogP contribution < -0.4 is 5.73 Å². The zero-order chi connectivity index (χ0) is 14.6. The highest BCUT2D eigenvalue weighted by Gasteiger charge is 2.19. The number of rotatable bonds is 5. The largest absolute Gasteiger partial charge is 0.368 e. The highest BCUT2D eigenvalue weighted by atomic mass is 35.5. The van der Waals surface area contributed by atoms with Crippen molar-refractivity contribution in [3.05, 3.63) is 28.5 Å². The summed E-state index contributed by atoms with van der Waals surface area (Å²) in [6.07, 6.45) is 0. The molecule has 0 aliphatic rings. The van der Waals surface area contributed by atoms with Crippen LogP contribution in [0, 0.1) is 12.8 Å². The molecule has 1 rings (SSSR count). The van der Waals surface area contributed by atoms with Gasteiger partial charge in [0, 0.05) is 17.8 Å². The van der Waals surface area contributed by atoms with Crippen LogP contribution in [0.4, 0.5) is 0 Å². The van der Waals surface area contributed by atoms with Crippen LogP contribution in [0.2, 0.25) is 5.15 Å². The summed E-state index contributed by atoms with van der Waals surface area (Å²) in [4.78, 5) is 28.8. The molecular formula is C13H18ClN3O2. The minimum atomic E-state index is -0.536. The zero-order valence-electron chi connectivity index (χ0n) is 11.3. The molecule has 0 fully saturated rings. The Bertz CT molecular complexity index is 469. The fourth-order valence-electron chi connectivity index (χ4n) is 1.78. The van der Waals surface area contributed by atoms with Crippen LogP contribution in [0.15, 0.2) is 12.1 Å². The molecule has 1 aromatic rings. The summed E-state index contributed by atoms with van der Waals surface area (Å²) in [5.74, 6) is -0.563. The average molecular weight is 284 g/mol. The second kappa shape index (κ2) is 6.52. The van der Waals surface area contributed by atoms with E-state index in [-0.39, 0.29) is 23.5 Å². The van der Waals surface area contributed by atoms with Gasteiger partial charge in [-0.25, -0.2) is 4.98 Å². The number of halogens is 1. The van der Waals surface area contributed by atoms with E-state index in [1.807, 2.05) is 13.8 Å². The zero-order valence-corrected chi connectivity index (χ0v) is 12.1. The molecule has 0 aliphatic heterocycles. The molecule has 1 heterocycles. The predicted octanol–water partition coefficient (Wildman–Crippen LogP) is 1.63. The number of aryl methyl sites for hydroxylation is 1. The first kappa shape index (κ1) is 15.4. The lowest BCUT2D eigenvalue weighted by Crippen LogP contribution is -2.40. The van der Waals surface area contributed by atoms with Gasteiger partial charge in [0.05, 0.1) is 6.54 Å². The summed E-state index contributed by atoms with van der Waals surface area (Å²) in [6, 6.07) is 3.13. The Balaban J connectivity index is 3.00. The van der Waals surface area contributed by atoms with Gasteiger partial charge in [-0.1, -0.05) is 25.4 Å². The Morgan fingerprint density at radius 2 is 2.05 bits per heavy atom. The van der Waals surface area contributed by atoms with E-state index >= 15 is 0 Å². The summed E-state index contributed by atoms with van der Waals surface area (Å²) < 4.78 is 0. The SMILES string of the molecule is Cc1cc(C(=O)N(CC(N)=O)CC(C)C)cc(Cl)n1. The topological polar surface area (TPSA) is 76.3 Å². The van der Waals surface area contributed by atoms with Crippen LogP contribution >= 0.6 is 11.6 Å². The number of hydrogen-bond donors (Lipinski definition) is 1. The molecule has 2 amide bonds. The molecule has 5 nitrogen and oxygen atoms in total. The summed E-state index contributed by atoms with van der Waals surface area (Å²) in [5.41, 5.74) is 6.24. The molecular weight excluding hydrogens is 266 g/mol. The van der Waals surface area contributed by atoms with Gasteiger partial charge in [0.15, 0.2) is 0 Å². The Labute approximate surface area is 117 Å². The number of nitrogens with two attached hydrogens (primary N) is 1. The highest BCUT2D eigenvalue weighted by molar-refractivity contribution is 6.29. The van der Waals surface area contributed by atoms with Crippen molar-refractivity contribution in [2.75, 3.05) is 13.1 Å². The maximum absolute atomic E-state index is 12.4. The second-order valence-electron chi connectivity index (χ2n) is 4.87. The molecule has 0 saturated carbocycles. The number of nitrogens with zero attached hydrogens (tertiary/aromatic N) is 2. The summed E-state index contributed by atoms with van der Waals surface area (Å²) >= 11 is 5.84. The van der Waals surface area contributed by atoms with Crippen molar-refractivity contribution in [3.8, 4) is 0 Å². The third-order valence-electron chi connectivity index (χ3n) is 2.39. The third kappa shape index (κ3) is 4.87. The van der Waals surface area contributed by atoms with Crippen LogP contribution in [0.5, 0.6) is 0 Å². The first-order valence-corrected chi connectivity index (χ1v) is 6.39. The Morgan fingerprint density at radius 3 is 2.53 bits per heavy atom. The Hall–Kier alpha value is -1.62. The minimum absolute atomic E-state index is 0.101. The van der Waals surface area contributed by atoms with Crippen molar-refractivity contribution in [2.45, 2.75) is 20.8 Å². The lowest BCUT2D eigenvalue weighted by molar-refractivity contribution is -0.118. The molecule has 2 N–H and O–H groups in total. The van der Waals surface area contributed by atoms with E-state index in [9.17, 15) is 9.59 Å². The van der Waals surface area contributed by atoms with Crippen LogP contribution in [0.1, 0.15) is 29.9 Å². The van der Waals surface area contributed by atoms with Crippen molar-refractivity contribution in [1.29, 1.82) is 0 Å². The van der Waals surface area contributed by atoms with Gasteiger partial charge in [-0.3, -0.25) is 9.59 Å². The summed E-state index contributed by atoms with van der Waals surface area (Å²) in [7, 11) is 0. The lowest BCUT2D eigenvalue weighted by atomic mass is 10.1. The molecule has 6 heteroatoms. The van der Waals surface area contributed by atoms with E-state index in [2.05, 4.69) is 4.98 Å². The molecule has 0 bridgehead atoms. The standard InChI is InChI=1S/C13H18ClN3O2/c1-8(2)6-17(7-12(15)18)13(19)10-4-9(3)16-11(14)5-10/h4-5,8H,6-7H2,1-3H3,(H2,15,18). The first-order chi connectivity index (χ1) is 8.79. The van der Waals surface area contributed by atoms with Crippen LogP contribution in [0.3, 0.4) is 0 Å². The molecule has 0 spiro atoms. The van der Waals surface area contributed by atoms with Gasteiger partial charge >= 0.3 is 0 Å². The maximum Gasteiger partial charge on any atom is 0.254 e. The number of pyridine rings is 1. The second-order valence-corrected chi connectivity index (χ2v) is 5.25. The van der Waals surface area contributed by atoms with Gasteiger partial charge in [-0.15, -0.1) is 0 Å². The monoisotopic (exact) mass is 283 g/mol. The van der Waals surface area contributed by atoms with Crippen molar-refractivity contribution in [1.82, 2.24) is 9.88 Å². The molecule has 0 aliphatic carbocycles. The normalized spacial score (nSPS) is 10.6. The average Bonchev–Trinajstić information content (AvgIpc) is 2.24. The van der Waals surface area contributed by atoms with Gasteiger partial charge in [0.1, 0.15) is 5.15 Å². The van der Waals surface area contributed by atoms with Gasteiger partial charge in [0.25, 0.3) is 5.91 Å². The van der Waals surface area contributed by atoms with Crippen LogP contribution in [-0.2, 0) is 4.79 Å². The third-order valence-corrected chi connectivity index (χ3v) is 2.58. The van der Waals surface area contributed by atoms with Crippen LogP contribution in [-0.4, -0.2) is 34.8 Å². The highest BCUT2D eigenvalue weighted by Crippen LogP contribution is 2.13. The Kier molecular flexibility index (Phi) is 5.30. The first-order valence-electron chi connectivity index (χ1n) is 6.01. The van der Waals surface area contributed by atoms with E-state index in [1.54, 1.807) is 13.0 Å². The van der Waals surface area contributed by atoms with Crippen molar-refractivity contribution in [2.24, 2.45) is 11.7 Å². The smallest absolute Gasteiger partial charge is 0.254 e. The van der Waals surface area contributed by atoms with Crippen LogP contribution in [0.25, 0.3) is 0 Å². The molecule has 0 saturated heterocycles. The fourth-order valence-corrected chi connectivity index (χ4v) is 2.03. The summed E-state index contributed by atoms with van der Waals surface area (Å²) in [5, 5.41) is 0.256. The fraction of sp³-hybridized carbons (Fsp3) is 0.462. The van der Waals surface area contributed by atoms with Gasteiger partial charge in [0.2, 0.25) is 5.91 Å². The van der Waals surface area contributed by atoms with Crippen molar-refractivity contribution >= 4 is 23.4 Å². The molecule has 0 atom stereocenters. The number of amides is 2. The van der Waals surface area contributed by atoms with E-state index < -0.39 is 5.91 Å². The van der Waals surface area contributed by atoms with Gasteiger partial charge in [-0.05, 0) is 25.0 Å². The lowest BCUT2D eigenvalue weighted by Gasteiger charge is -2.23. The number of aromatic nitrogens is 1. The number of carbonyl (C=O) groups is 2. The van der Waals surface area contributed by atoms with Crippen molar-refractivity contribution < 1.29 is 9.59 Å². The van der Waals surface area contributed by atoms with Crippen molar-refractivity contribution in [3.63, 3.8) is 0 Å². The number of carbonyl (C=O) groups excluding carboxylic acids is 2. The minimum Gasteiger partial charge on any atom is -0.368 e. The van der Waals surface area contributed by atoms with E-state index in [0.717, 1.165) is 0 Å². The maximum atomic E-state index is 12.4. The molecule has 0 radical (unpaired) electrons. The van der Waals surface area contributed by atoms with E-state index in [1.165, 1.54) is 11.0 Å².